The van der Waals surface area contributed by atoms with E-state index in [4.69, 9.17) is 11.6 Å². The third-order valence-electron chi connectivity index (χ3n) is 2.69. The van der Waals surface area contributed by atoms with Crippen molar-refractivity contribution in [3.05, 3.63) is 44.9 Å². The zero-order valence-electron chi connectivity index (χ0n) is 11.3. The lowest BCUT2D eigenvalue weighted by Crippen LogP contribution is -2.02. The predicted molar refractivity (Wildman–Crippen MR) is 81.3 cm³/mol. The zero-order chi connectivity index (χ0) is 14.5. The first-order valence-corrected chi connectivity index (χ1v) is 7.28. The number of nitrogens with zero attached hydrogens (tertiary/aromatic N) is 1. The third-order valence-corrected chi connectivity index (χ3v) is 4.08. The molecule has 2 rings (SSSR count). The second kappa shape index (κ2) is 6.72. The van der Waals surface area contributed by atoms with E-state index in [1.165, 1.54) is 7.11 Å². The van der Waals surface area contributed by atoms with E-state index in [0.717, 1.165) is 21.0 Å². The van der Waals surface area contributed by atoms with Crippen LogP contribution in [0, 0.1) is 6.92 Å². The number of nitrogens with one attached hydrogen (secondary N) is 1. The van der Waals surface area contributed by atoms with Crippen LogP contribution in [0.15, 0.2) is 24.4 Å². The van der Waals surface area contributed by atoms with Crippen LogP contribution in [0.5, 0.6) is 0 Å². The lowest BCUT2D eigenvalue weighted by Gasteiger charge is -2.07. The van der Waals surface area contributed by atoms with E-state index in [1.807, 2.05) is 25.1 Å². The summed E-state index contributed by atoms with van der Waals surface area (Å²) in [6.45, 7) is 2.62. The highest BCUT2D eigenvalue weighted by Gasteiger charge is 2.07. The van der Waals surface area contributed by atoms with Crippen LogP contribution < -0.4 is 5.32 Å². The van der Waals surface area contributed by atoms with Crippen LogP contribution in [-0.4, -0.2) is 18.1 Å². The number of pyridine rings is 1. The maximum Gasteiger partial charge on any atom is 0.310 e. The molecule has 0 fully saturated rings. The molecule has 2 aromatic heterocycles. The molecule has 0 radical (unpaired) electrons. The molecule has 2 aromatic rings. The van der Waals surface area contributed by atoms with E-state index in [0.29, 0.717) is 18.1 Å². The molecule has 2 heterocycles. The number of hydrogen-bond donors (Lipinski definition) is 1. The highest BCUT2D eigenvalue weighted by atomic mass is 35.5. The van der Waals surface area contributed by atoms with Crippen molar-refractivity contribution in [2.24, 2.45) is 0 Å². The number of carbonyl (C=O) groups excluding carboxylic acids is 1. The summed E-state index contributed by atoms with van der Waals surface area (Å²) in [5.41, 5.74) is 1.86. The van der Waals surface area contributed by atoms with Crippen LogP contribution in [0.2, 0.25) is 5.15 Å². The number of rotatable bonds is 5. The molecule has 1 N–H and O–H groups in total. The minimum atomic E-state index is -0.225. The highest BCUT2D eigenvalue weighted by molar-refractivity contribution is 7.12. The molecule has 4 nitrogen and oxygen atoms in total. The van der Waals surface area contributed by atoms with E-state index in [1.54, 1.807) is 17.5 Å². The van der Waals surface area contributed by atoms with Gasteiger partial charge >= 0.3 is 5.97 Å². The van der Waals surface area contributed by atoms with Gasteiger partial charge in [0.05, 0.1) is 19.2 Å². The molecule has 0 amide bonds. The molecule has 106 valence electrons. The van der Waals surface area contributed by atoms with Gasteiger partial charge in [-0.05, 0) is 30.7 Å². The molecule has 6 heteroatoms. The van der Waals surface area contributed by atoms with Gasteiger partial charge in [0.25, 0.3) is 0 Å². The second-order valence-corrected chi connectivity index (χ2v) is 5.94. The molecular weight excluding hydrogens is 296 g/mol. The summed E-state index contributed by atoms with van der Waals surface area (Å²) < 4.78 is 4.65. The van der Waals surface area contributed by atoms with Crippen molar-refractivity contribution in [1.29, 1.82) is 0 Å². The molecule has 0 aliphatic rings. The Hall–Kier alpha value is -1.59. The third kappa shape index (κ3) is 3.95. The fraction of sp³-hybridized carbons (Fsp3) is 0.286. The second-order valence-electron chi connectivity index (χ2n) is 4.33. The standard InChI is InChI=1S/C14H15ClN2O2S/c1-9-5-12(14(15)17-7-9)16-8-11-4-3-10(20-11)6-13(18)19-2/h3-5,7,16H,6,8H2,1-2H3. The number of esters is 1. The molecule has 0 bridgehead atoms. The summed E-state index contributed by atoms with van der Waals surface area (Å²) in [4.78, 5) is 17.4. The summed E-state index contributed by atoms with van der Waals surface area (Å²) in [7, 11) is 1.39. The Morgan fingerprint density at radius 2 is 2.20 bits per heavy atom. The quantitative estimate of drug-likeness (QED) is 0.679. The zero-order valence-corrected chi connectivity index (χ0v) is 12.8. The lowest BCUT2D eigenvalue weighted by atomic mass is 10.3. The van der Waals surface area contributed by atoms with Crippen molar-refractivity contribution in [2.75, 3.05) is 12.4 Å². The van der Waals surface area contributed by atoms with E-state index >= 15 is 0 Å². The molecule has 0 aromatic carbocycles. The predicted octanol–water partition coefficient (Wildman–Crippen LogP) is 3.43. The van der Waals surface area contributed by atoms with Gasteiger partial charge in [0.15, 0.2) is 5.15 Å². The SMILES string of the molecule is COC(=O)Cc1ccc(CNc2cc(C)cnc2Cl)s1. The van der Waals surface area contributed by atoms with E-state index in [9.17, 15) is 4.79 Å². The van der Waals surface area contributed by atoms with Gasteiger partial charge in [-0.25, -0.2) is 4.98 Å². The van der Waals surface area contributed by atoms with Crippen molar-refractivity contribution in [3.8, 4) is 0 Å². The first-order valence-electron chi connectivity index (χ1n) is 6.09. The largest absolute Gasteiger partial charge is 0.469 e. The molecular formula is C14H15ClN2O2S. The van der Waals surface area contributed by atoms with Crippen molar-refractivity contribution in [3.63, 3.8) is 0 Å². The number of thiophene rings is 1. The normalized spacial score (nSPS) is 10.3. The molecule has 20 heavy (non-hydrogen) atoms. The number of carbonyl (C=O) groups is 1. The monoisotopic (exact) mass is 310 g/mol. The Morgan fingerprint density at radius 1 is 1.45 bits per heavy atom. The Morgan fingerprint density at radius 3 is 2.95 bits per heavy atom. The Kier molecular flexibility index (Phi) is 4.98. The summed E-state index contributed by atoms with van der Waals surface area (Å²) in [5, 5.41) is 3.71. The number of aryl methyl sites for hydroxylation is 1. The molecule has 0 spiro atoms. The van der Waals surface area contributed by atoms with E-state index in [2.05, 4.69) is 15.0 Å². The number of anilines is 1. The van der Waals surface area contributed by atoms with Crippen LogP contribution >= 0.6 is 22.9 Å². The highest BCUT2D eigenvalue weighted by Crippen LogP contribution is 2.23. The van der Waals surface area contributed by atoms with Crippen LogP contribution in [-0.2, 0) is 22.5 Å². The van der Waals surface area contributed by atoms with Crippen LogP contribution in [0.4, 0.5) is 5.69 Å². The van der Waals surface area contributed by atoms with Crippen molar-refractivity contribution >= 4 is 34.6 Å². The number of aromatic nitrogens is 1. The molecule has 0 atom stereocenters. The fourth-order valence-electron chi connectivity index (χ4n) is 1.69. The van der Waals surface area contributed by atoms with Crippen LogP contribution in [0.25, 0.3) is 0 Å². The summed E-state index contributed by atoms with van der Waals surface area (Å²) in [5.74, 6) is -0.225. The maximum atomic E-state index is 11.2. The molecule has 0 saturated carbocycles. The Balaban J connectivity index is 1.97. The van der Waals surface area contributed by atoms with Gasteiger partial charge < -0.3 is 10.1 Å². The van der Waals surface area contributed by atoms with Gasteiger partial charge in [0.2, 0.25) is 0 Å². The van der Waals surface area contributed by atoms with E-state index < -0.39 is 0 Å². The Labute approximate surface area is 126 Å². The van der Waals surface area contributed by atoms with Gasteiger partial charge in [0, 0.05) is 22.5 Å². The summed E-state index contributed by atoms with van der Waals surface area (Å²) >= 11 is 7.60. The van der Waals surface area contributed by atoms with Gasteiger partial charge in [0.1, 0.15) is 0 Å². The van der Waals surface area contributed by atoms with E-state index in [-0.39, 0.29) is 5.97 Å². The lowest BCUT2D eigenvalue weighted by molar-refractivity contribution is -0.139. The van der Waals surface area contributed by atoms with Gasteiger partial charge in [-0.1, -0.05) is 11.6 Å². The summed E-state index contributed by atoms with van der Waals surface area (Å²) in [6, 6.07) is 5.89. The number of ether oxygens (including phenoxy) is 1. The first-order chi connectivity index (χ1) is 9.58. The molecule has 0 unspecified atom stereocenters. The number of methoxy groups -OCH3 is 1. The fourth-order valence-corrected chi connectivity index (χ4v) is 2.80. The Bertz CT molecular complexity index is 613. The van der Waals surface area contributed by atoms with Crippen molar-refractivity contribution in [1.82, 2.24) is 4.98 Å². The summed E-state index contributed by atoms with van der Waals surface area (Å²) in [6.07, 6.45) is 2.04. The average Bonchev–Trinajstić information content (AvgIpc) is 2.87. The van der Waals surface area contributed by atoms with Crippen molar-refractivity contribution in [2.45, 2.75) is 19.9 Å². The first kappa shape index (κ1) is 14.8. The topological polar surface area (TPSA) is 51.2 Å². The van der Waals surface area contributed by atoms with Gasteiger partial charge in [-0.15, -0.1) is 11.3 Å². The molecule has 0 aliphatic heterocycles. The van der Waals surface area contributed by atoms with Gasteiger partial charge in [-0.3, -0.25) is 4.79 Å². The molecule has 0 saturated heterocycles. The van der Waals surface area contributed by atoms with Gasteiger partial charge in [-0.2, -0.15) is 0 Å². The van der Waals surface area contributed by atoms with Crippen LogP contribution in [0.1, 0.15) is 15.3 Å². The number of hydrogen-bond acceptors (Lipinski definition) is 5. The van der Waals surface area contributed by atoms with Crippen molar-refractivity contribution < 1.29 is 9.53 Å². The average molecular weight is 311 g/mol. The maximum absolute atomic E-state index is 11.2. The smallest absolute Gasteiger partial charge is 0.310 e. The minimum absolute atomic E-state index is 0.225. The molecule has 0 aliphatic carbocycles. The van der Waals surface area contributed by atoms with Crippen LogP contribution in [0.3, 0.4) is 0 Å². The minimum Gasteiger partial charge on any atom is -0.469 e. The number of halogens is 1.